The minimum atomic E-state index is 0.562. The van der Waals surface area contributed by atoms with Crippen molar-refractivity contribution in [3.05, 3.63) is 70.8 Å². The smallest absolute Gasteiger partial charge is 0.0184 e. The van der Waals surface area contributed by atoms with Crippen LogP contribution in [0.25, 0.3) is 12.2 Å². The molecule has 0 spiro atoms. The van der Waals surface area contributed by atoms with Crippen molar-refractivity contribution in [3.8, 4) is 0 Å². The maximum atomic E-state index is 5.71. The van der Waals surface area contributed by atoms with E-state index in [9.17, 15) is 0 Å². The van der Waals surface area contributed by atoms with Crippen molar-refractivity contribution < 1.29 is 0 Å². The molecule has 0 radical (unpaired) electrons. The summed E-state index contributed by atoms with van der Waals surface area (Å²) in [5.41, 5.74) is 15.9. The van der Waals surface area contributed by atoms with Crippen molar-refractivity contribution in [2.24, 2.45) is 11.5 Å². The minimum absolute atomic E-state index is 0.562. The van der Waals surface area contributed by atoms with Gasteiger partial charge in [0.05, 0.1) is 0 Å². The summed E-state index contributed by atoms with van der Waals surface area (Å²) < 4.78 is 0. The zero-order valence-corrected chi connectivity index (χ0v) is 10.3. The molecule has 0 atom stereocenters. The van der Waals surface area contributed by atoms with Crippen molar-refractivity contribution in [1.82, 2.24) is 0 Å². The van der Waals surface area contributed by atoms with E-state index in [0.717, 1.165) is 11.1 Å². The van der Waals surface area contributed by atoms with Crippen LogP contribution in [-0.4, -0.2) is 0 Å². The third-order valence-corrected chi connectivity index (χ3v) is 2.95. The lowest BCUT2D eigenvalue weighted by Gasteiger charge is -2.02. The van der Waals surface area contributed by atoms with E-state index >= 15 is 0 Å². The first-order valence-corrected chi connectivity index (χ1v) is 6.08. The van der Waals surface area contributed by atoms with Crippen LogP contribution in [0.1, 0.15) is 22.3 Å². The Morgan fingerprint density at radius 3 is 2.17 bits per heavy atom. The summed E-state index contributed by atoms with van der Waals surface area (Å²) in [6.45, 7) is 1.15. The van der Waals surface area contributed by atoms with Crippen LogP contribution in [0.3, 0.4) is 0 Å². The Kier molecular flexibility index (Phi) is 4.29. The average molecular weight is 238 g/mol. The second-order valence-corrected chi connectivity index (χ2v) is 4.18. The molecule has 0 bridgehead atoms. The van der Waals surface area contributed by atoms with Crippen molar-refractivity contribution in [2.75, 3.05) is 0 Å². The summed E-state index contributed by atoms with van der Waals surface area (Å²) in [6.07, 6.45) is 4.19. The van der Waals surface area contributed by atoms with Gasteiger partial charge in [0.2, 0.25) is 0 Å². The molecule has 92 valence electrons. The maximum absolute atomic E-state index is 5.71. The molecule has 0 aliphatic heterocycles. The fourth-order valence-electron chi connectivity index (χ4n) is 1.83. The van der Waals surface area contributed by atoms with Gasteiger partial charge in [-0.15, -0.1) is 0 Å². The quantitative estimate of drug-likeness (QED) is 0.805. The van der Waals surface area contributed by atoms with Gasteiger partial charge in [-0.1, -0.05) is 60.7 Å². The fourth-order valence-corrected chi connectivity index (χ4v) is 1.83. The molecule has 0 saturated carbocycles. The van der Waals surface area contributed by atoms with Crippen LogP contribution in [0.4, 0.5) is 0 Å². The zero-order chi connectivity index (χ0) is 12.8. The molecule has 2 nitrogen and oxygen atoms in total. The van der Waals surface area contributed by atoms with Crippen LogP contribution in [-0.2, 0) is 13.1 Å². The molecule has 0 fully saturated rings. The third kappa shape index (κ3) is 3.06. The van der Waals surface area contributed by atoms with Gasteiger partial charge in [0, 0.05) is 13.1 Å². The number of hydrogen-bond acceptors (Lipinski definition) is 2. The van der Waals surface area contributed by atoms with Crippen LogP contribution in [0.5, 0.6) is 0 Å². The van der Waals surface area contributed by atoms with Crippen molar-refractivity contribution in [3.63, 3.8) is 0 Å². The lowest BCUT2D eigenvalue weighted by Crippen LogP contribution is -1.98. The molecular weight excluding hydrogens is 220 g/mol. The van der Waals surface area contributed by atoms with Gasteiger partial charge in [-0.3, -0.25) is 0 Å². The Balaban J connectivity index is 2.19. The number of benzene rings is 2. The molecule has 18 heavy (non-hydrogen) atoms. The van der Waals surface area contributed by atoms with Crippen LogP contribution >= 0.6 is 0 Å². The average Bonchev–Trinajstić information content (AvgIpc) is 2.46. The van der Waals surface area contributed by atoms with Gasteiger partial charge in [-0.2, -0.15) is 0 Å². The molecule has 0 aromatic heterocycles. The zero-order valence-electron chi connectivity index (χ0n) is 10.3. The Hall–Kier alpha value is -1.90. The van der Waals surface area contributed by atoms with Crippen LogP contribution in [0, 0.1) is 0 Å². The summed E-state index contributed by atoms with van der Waals surface area (Å²) in [7, 11) is 0. The molecule has 0 aliphatic carbocycles. The molecule has 2 heteroatoms. The van der Waals surface area contributed by atoms with Gasteiger partial charge in [-0.25, -0.2) is 0 Å². The van der Waals surface area contributed by atoms with E-state index in [4.69, 9.17) is 11.5 Å². The van der Waals surface area contributed by atoms with E-state index in [2.05, 4.69) is 48.6 Å². The predicted molar refractivity (Wildman–Crippen MR) is 77.6 cm³/mol. The van der Waals surface area contributed by atoms with Gasteiger partial charge in [0.25, 0.3) is 0 Å². The summed E-state index contributed by atoms with van der Waals surface area (Å²) >= 11 is 0. The summed E-state index contributed by atoms with van der Waals surface area (Å²) in [5, 5.41) is 0. The van der Waals surface area contributed by atoms with Gasteiger partial charge in [0.1, 0.15) is 0 Å². The monoisotopic (exact) mass is 238 g/mol. The molecule has 2 aromatic rings. The van der Waals surface area contributed by atoms with Crippen LogP contribution in [0.2, 0.25) is 0 Å². The molecule has 0 aliphatic rings. The Morgan fingerprint density at radius 1 is 0.778 bits per heavy atom. The van der Waals surface area contributed by atoms with E-state index in [1.165, 1.54) is 11.1 Å². The highest BCUT2D eigenvalue weighted by molar-refractivity contribution is 5.71. The molecule has 4 N–H and O–H groups in total. The Morgan fingerprint density at radius 2 is 1.50 bits per heavy atom. The molecule has 0 unspecified atom stereocenters. The lowest BCUT2D eigenvalue weighted by atomic mass is 10.1. The molecular formula is C16H18N2. The van der Waals surface area contributed by atoms with Gasteiger partial charge >= 0.3 is 0 Å². The second-order valence-electron chi connectivity index (χ2n) is 4.18. The Bertz CT molecular complexity index is 527. The van der Waals surface area contributed by atoms with Crippen LogP contribution < -0.4 is 11.5 Å². The second kappa shape index (κ2) is 6.15. The SMILES string of the molecule is NCc1ccc(C=Cc2ccccc2CN)cc1. The lowest BCUT2D eigenvalue weighted by molar-refractivity contribution is 1.07. The van der Waals surface area contributed by atoms with Gasteiger partial charge in [0.15, 0.2) is 0 Å². The van der Waals surface area contributed by atoms with Crippen molar-refractivity contribution >= 4 is 12.2 Å². The highest BCUT2D eigenvalue weighted by Gasteiger charge is 1.95. The van der Waals surface area contributed by atoms with E-state index < -0.39 is 0 Å². The first kappa shape index (κ1) is 12.6. The molecule has 2 aromatic carbocycles. The van der Waals surface area contributed by atoms with Gasteiger partial charge < -0.3 is 11.5 Å². The topological polar surface area (TPSA) is 52.0 Å². The van der Waals surface area contributed by atoms with E-state index in [1.807, 2.05) is 12.1 Å². The summed E-state index contributed by atoms with van der Waals surface area (Å²) in [6, 6.07) is 16.4. The first-order valence-electron chi connectivity index (χ1n) is 6.08. The third-order valence-electron chi connectivity index (χ3n) is 2.95. The molecule has 0 saturated heterocycles. The first-order chi connectivity index (χ1) is 8.83. The predicted octanol–water partition coefficient (Wildman–Crippen LogP) is 2.77. The normalized spacial score (nSPS) is 11.0. The van der Waals surface area contributed by atoms with Crippen molar-refractivity contribution in [1.29, 1.82) is 0 Å². The highest BCUT2D eigenvalue weighted by Crippen LogP contribution is 2.13. The molecule has 0 heterocycles. The minimum Gasteiger partial charge on any atom is -0.326 e. The van der Waals surface area contributed by atoms with E-state index in [1.54, 1.807) is 0 Å². The van der Waals surface area contributed by atoms with E-state index in [-0.39, 0.29) is 0 Å². The largest absolute Gasteiger partial charge is 0.326 e. The van der Waals surface area contributed by atoms with Gasteiger partial charge in [-0.05, 0) is 22.3 Å². The molecule has 2 rings (SSSR count). The van der Waals surface area contributed by atoms with Crippen LogP contribution in [0.15, 0.2) is 48.5 Å². The number of nitrogens with two attached hydrogens (primary N) is 2. The molecule has 0 amide bonds. The fraction of sp³-hybridized carbons (Fsp3) is 0.125. The standard InChI is InChI=1S/C16H18N2/c17-11-14-7-5-13(6-8-14)9-10-15-3-1-2-4-16(15)12-18/h1-10H,11-12,17-18H2. The Labute approximate surface area is 108 Å². The maximum Gasteiger partial charge on any atom is 0.0184 e. The van der Waals surface area contributed by atoms with E-state index in [0.29, 0.717) is 13.1 Å². The summed E-state index contributed by atoms with van der Waals surface area (Å²) in [5.74, 6) is 0. The van der Waals surface area contributed by atoms with Crippen molar-refractivity contribution in [2.45, 2.75) is 13.1 Å². The highest BCUT2D eigenvalue weighted by atomic mass is 14.5. The number of rotatable bonds is 4. The number of hydrogen-bond donors (Lipinski definition) is 2. The summed E-state index contributed by atoms with van der Waals surface area (Å²) in [4.78, 5) is 0.